The van der Waals surface area contributed by atoms with Crippen LogP contribution >= 0.6 is 0 Å². The van der Waals surface area contributed by atoms with E-state index in [1.807, 2.05) is 43.3 Å². The van der Waals surface area contributed by atoms with Crippen molar-refractivity contribution in [2.24, 2.45) is 0 Å². The van der Waals surface area contributed by atoms with Crippen LogP contribution in [0.4, 0.5) is 5.69 Å². The fourth-order valence-corrected chi connectivity index (χ4v) is 5.06. The SMILES string of the molecule is Cc1noc(C)c1S(=O)(=O)NC1CCN(C(=O)c2ccc(N(C)C)cc2)CC1. The van der Waals surface area contributed by atoms with Crippen molar-refractivity contribution in [2.45, 2.75) is 37.6 Å². The highest BCUT2D eigenvalue weighted by atomic mass is 32.2. The maximum Gasteiger partial charge on any atom is 0.253 e. The van der Waals surface area contributed by atoms with Crippen LogP contribution < -0.4 is 9.62 Å². The van der Waals surface area contributed by atoms with Crippen molar-refractivity contribution in [3.8, 4) is 0 Å². The van der Waals surface area contributed by atoms with Gasteiger partial charge in [0.25, 0.3) is 5.91 Å². The Balaban J connectivity index is 1.60. The monoisotopic (exact) mass is 406 g/mol. The lowest BCUT2D eigenvalue weighted by Crippen LogP contribution is -2.46. The summed E-state index contributed by atoms with van der Waals surface area (Å²) in [5, 5.41) is 3.71. The van der Waals surface area contributed by atoms with Gasteiger partial charge in [-0.25, -0.2) is 13.1 Å². The summed E-state index contributed by atoms with van der Waals surface area (Å²) in [5.41, 5.74) is 2.02. The van der Waals surface area contributed by atoms with Gasteiger partial charge in [-0.15, -0.1) is 0 Å². The minimum Gasteiger partial charge on any atom is -0.378 e. The van der Waals surface area contributed by atoms with E-state index in [1.54, 1.807) is 18.7 Å². The Kier molecular flexibility index (Phi) is 5.76. The Labute approximate surface area is 165 Å². The van der Waals surface area contributed by atoms with Gasteiger partial charge in [0.05, 0.1) is 0 Å². The van der Waals surface area contributed by atoms with E-state index in [-0.39, 0.29) is 22.6 Å². The molecule has 8 nitrogen and oxygen atoms in total. The predicted molar refractivity (Wildman–Crippen MR) is 106 cm³/mol. The minimum atomic E-state index is -3.70. The van der Waals surface area contributed by atoms with Crippen molar-refractivity contribution in [1.82, 2.24) is 14.8 Å². The number of nitrogens with zero attached hydrogens (tertiary/aromatic N) is 3. The summed E-state index contributed by atoms with van der Waals surface area (Å²) in [5.74, 6) is 0.246. The molecule has 1 amide bonds. The molecule has 28 heavy (non-hydrogen) atoms. The second-order valence-corrected chi connectivity index (χ2v) is 8.93. The molecule has 1 aliphatic heterocycles. The van der Waals surface area contributed by atoms with Crippen molar-refractivity contribution in [3.63, 3.8) is 0 Å². The third-order valence-electron chi connectivity index (χ3n) is 4.97. The number of piperidine rings is 1. The van der Waals surface area contributed by atoms with E-state index < -0.39 is 10.0 Å². The zero-order valence-corrected chi connectivity index (χ0v) is 17.4. The number of aryl methyl sites for hydroxylation is 2. The van der Waals surface area contributed by atoms with Gasteiger partial charge in [0.15, 0.2) is 5.76 Å². The summed E-state index contributed by atoms with van der Waals surface area (Å²) < 4.78 is 33.0. The average molecular weight is 407 g/mol. The van der Waals surface area contributed by atoms with Crippen LogP contribution in [0, 0.1) is 13.8 Å². The molecule has 1 fully saturated rings. The Hall–Kier alpha value is -2.39. The molecule has 1 aromatic heterocycles. The first-order valence-corrected chi connectivity index (χ1v) is 10.7. The van der Waals surface area contributed by atoms with E-state index in [4.69, 9.17) is 4.52 Å². The molecule has 2 aromatic rings. The van der Waals surface area contributed by atoms with Crippen LogP contribution in [0.15, 0.2) is 33.7 Å². The molecule has 0 bridgehead atoms. The molecule has 152 valence electrons. The number of carbonyl (C=O) groups is 1. The normalized spacial score (nSPS) is 15.6. The van der Waals surface area contributed by atoms with E-state index in [1.165, 1.54) is 0 Å². The van der Waals surface area contributed by atoms with E-state index in [9.17, 15) is 13.2 Å². The van der Waals surface area contributed by atoms with E-state index in [0.29, 0.717) is 37.2 Å². The molecule has 2 heterocycles. The number of rotatable bonds is 5. The van der Waals surface area contributed by atoms with E-state index >= 15 is 0 Å². The fraction of sp³-hybridized carbons (Fsp3) is 0.474. The third kappa shape index (κ3) is 4.20. The molecule has 1 aliphatic rings. The number of sulfonamides is 1. The van der Waals surface area contributed by atoms with Crippen LogP contribution in [-0.4, -0.2) is 57.6 Å². The van der Waals surface area contributed by atoms with Crippen molar-refractivity contribution < 1.29 is 17.7 Å². The highest BCUT2D eigenvalue weighted by Gasteiger charge is 2.30. The molecule has 9 heteroatoms. The smallest absolute Gasteiger partial charge is 0.253 e. The van der Waals surface area contributed by atoms with Crippen LogP contribution in [0.3, 0.4) is 0 Å². The number of aromatic nitrogens is 1. The molecule has 0 spiro atoms. The highest BCUT2D eigenvalue weighted by molar-refractivity contribution is 7.89. The second kappa shape index (κ2) is 7.92. The van der Waals surface area contributed by atoms with Gasteiger partial charge in [-0.1, -0.05) is 5.16 Å². The summed E-state index contributed by atoms with van der Waals surface area (Å²) >= 11 is 0. The topological polar surface area (TPSA) is 95.7 Å². The van der Waals surface area contributed by atoms with E-state index in [2.05, 4.69) is 9.88 Å². The van der Waals surface area contributed by atoms with Gasteiger partial charge >= 0.3 is 0 Å². The van der Waals surface area contributed by atoms with Crippen molar-refractivity contribution >= 4 is 21.6 Å². The van der Waals surface area contributed by atoms with Gasteiger partial charge in [-0.05, 0) is 51.0 Å². The van der Waals surface area contributed by atoms with Gasteiger partial charge in [0.2, 0.25) is 10.0 Å². The molecule has 3 rings (SSSR count). The van der Waals surface area contributed by atoms with Gasteiger partial charge in [-0.2, -0.15) is 0 Å². The summed E-state index contributed by atoms with van der Waals surface area (Å²) in [4.78, 5) is 16.6. The van der Waals surface area contributed by atoms with Crippen molar-refractivity contribution in [3.05, 3.63) is 41.3 Å². The molecule has 1 saturated heterocycles. The summed E-state index contributed by atoms with van der Waals surface area (Å²) in [6, 6.07) is 7.25. The molecule has 0 aliphatic carbocycles. The molecule has 0 unspecified atom stereocenters. The number of hydrogen-bond donors (Lipinski definition) is 1. The Morgan fingerprint density at radius 1 is 1.18 bits per heavy atom. The largest absolute Gasteiger partial charge is 0.378 e. The summed E-state index contributed by atoms with van der Waals surface area (Å²) in [6.45, 7) is 4.19. The standard InChI is InChI=1S/C19H26N4O4S/c1-13-18(14(2)27-20-13)28(25,26)21-16-9-11-23(12-10-16)19(24)15-5-7-17(8-6-15)22(3)4/h5-8,16,21H,9-12H2,1-4H3. The maximum absolute atomic E-state index is 12.7. The number of carbonyl (C=O) groups excluding carboxylic acids is 1. The number of anilines is 1. The number of amides is 1. The Morgan fingerprint density at radius 3 is 2.29 bits per heavy atom. The van der Waals surface area contributed by atoms with Gasteiger partial charge < -0.3 is 14.3 Å². The number of likely N-dealkylation sites (tertiary alicyclic amines) is 1. The summed E-state index contributed by atoms with van der Waals surface area (Å²) in [7, 11) is 0.204. The predicted octanol–water partition coefficient (Wildman–Crippen LogP) is 1.94. The first-order chi connectivity index (χ1) is 13.2. The highest BCUT2D eigenvalue weighted by Crippen LogP contribution is 2.22. The Morgan fingerprint density at radius 2 is 1.79 bits per heavy atom. The molecule has 1 N–H and O–H groups in total. The van der Waals surface area contributed by atoms with Gasteiger partial charge in [0.1, 0.15) is 10.6 Å². The van der Waals surface area contributed by atoms with Crippen LogP contribution in [0.5, 0.6) is 0 Å². The quantitative estimate of drug-likeness (QED) is 0.815. The van der Waals surface area contributed by atoms with Crippen molar-refractivity contribution in [2.75, 3.05) is 32.1 Å². The lowest BCUT2D eigenvalue weighted by Gasteiger charge is -2.32. The zero-order valence-electron chi connectivity index (χ0n) is 16.6. The number of hydrogen-bond acceptors (Lipinski definition) is 6. The third-order valence-corrected chi connectivity index (χ3v) is 6.74. The molecule has 0 radical (unpaired) electrons. The van der Waals surface area contributed by atoms with E-state index in [0.717, 1.165) is 5.69 Å². The number of nitrogens with one attached hydrogen (secondary N) is 1. The lowest BCUT2D eigenvalue weighted by molar-refractivity contribution is 0.0711. The van der Waals surface area contributed by atoms with Gasteiger partial charge in [-0.3, -0.25) is 4.79 Å². The van der Waals surface area contributed by atoms with Crippen LogP contribution in [0.25, 0.3) is 0 Å². The summed E-state index contributed by atoms with van der Waals surface area (Å²) in [6.07, 6.45) is 1.12. The fourth-order valence-electron chi connectivity index (χ4n) is 3.42. The second-order valence-electron chi connectivity index (χ2n) is 7.28. The molecule has 1 aromatic carbocycles. The minimum absolute atomic E-state index is 0.0302. The Bertz CT molecular complexity index is 923. The van der Waals surface area contributed by atoms with Crippen LogP contribution in [0.2, 0.25) is 0 Å². The van der Waals surface area contributed by atoms with Crippen LogP contribution in [0.1, 0.15) is 34.7 Å². The van der Waals surface area contributed by atoms with Crippen molar-refractivity contribution in [1.29, 1.82) is 0 Å². The molecular weight excluding hydrogens is 380 g/mol. The first-order valence-electron chi connectivity index (χ1n) is 9.21. The maximum atomic E-state index is 12.7. The zero-order chi connectivity index (χ0) is 20.5. The lowest BCUT2D eigenvalue weighted by atomic mass is 10.0. The molecule has 0 saturated carbocycles. The first kappa shape index (κ1) is 20.3. The molecular formula is C19H26N4O4S. The van der Waals surface area contributed by atoms with Gasteiger partial charge in [0, 0.05) is 44.5 Å². The average Bonchev–Trinajstić information content (AvgIpc) is 3.00. The van der Waals surface area contributed by atoms with Crippen LogP contribution in [-0.2, 0) is 10.0 Å². The molecule has 0 atom stereocenters. The number of benzene rings is 1.